The van der Waals surface area contributed by atoms with E-state index in [9.17, 15) is 31.6 Å². The van der Waals surface area contributed by atoms with Crippen LogP contribution in [-0.4, -0.2) is 37.3 Å². The van der Waals surface area contributed by atoms with E-state index in [1.807, 2.05) is 6.07 Å². The van der Waals surface area contributed by atoms with Crippen LogP contribution in [0.25, 0.3) is 0 Å². The van der Waals surface area contributed by atoms with Gasteiger partial charge in [0.25, 0.3) is 0 Å². The summed E-state index contributed by atoms with van der Waals surface area (Å²) in [6.45, 7) is 3.45. The van der Waals surface area contributed by atoms with Crippen molar-refractivity contribution in [2.45, 2.75) is 73.6 Å². The molecule has 2 aliphatic carbocycles. The molecular weight excluding hydrogens is 501 g/mol. The second-order valence-corrected chi connectivity index (χ2v) is 11.4. The average Bonchev–Trinajstić information content (AvgIpc) is 3.29. The number of ether oxygens (including phenoxy) is 1. The number of nitrogens with one attached hydrogen (secondary N) is 1. The standard InChI is InChI=1S/C20H22BrF3N2O4S/c1-11(2)30-16-9-13(8-14(16)18(27)26-19(10-25)5-6-19)31(28,29)17-4-3-12(21)7-15(17)20(22,23)24/h3-4,7,11,13-14,16H,5-6,8-9H2,1-2H3,(H,26,27)/t13-,14-,16?/m1/s1. The van der Waals surface area contributed by atoms with E-state index < -0.39 is 55.2 Å². The first-order valence-corrected chi connectivity index (χ1v) is 12.1. The monoisotopic (exact) mass is 522 g/mol. The fourth-order valence-corrected chi connectivity index (χ4v) is 6.22. The number of nitriles is 1. The lowest BCUT2D eigenvalue weighted by molar-refractivity contribution is -0.140. The van der Waals surface area contributed by atoms with Crippen LogP contribution in [0.1, 0.15) is 45.1 Å². The van der Waals surface area contributed by atoms with Crippen LogP contribution in [0.2, 0.25) is 0 Å². The molecule has 0 radical (unpaired) electrons. The predicted octanol–water partition coefficient (Wildman–Crippen LogP) is 3.99. The topological polar surface area (TPSA) is 96.3 Å². The Morgan fingerprint density at radius 3 is 2.48 bits per heavy atom. The Balaban J connectivity index is 1.92. The maximum Gasteiger partial charge on any atom is 0.417 e. The van der Waals surface area contributed by atoms with Crippen LogP contribution in [0.4, 0.5) is 13.2 Å². The Hall–Kier alpha value is -1.64. The number of hydrogen-bond donors (Lipinski definition) is 1. The van der Waals surface area contributed by atoms with Crippen LogP contribution in [0.5, 0.6) is 0 Å². The maximum absolute atomic E-state index is 13.5. The molecule has 11 heteroatoms. The zero-order valence-electron chi connectivity index (χ0n) is 16.9. The molecule has 3 atom stereocenters. The largest absolute Gasteiger partial charge is 0.417 e. The first-order chi connectivity index (χ1) is 14.3. The van der Waals surface area contributed by atoms with E-state index in [4.69, 9.17) is 4.74 Å². The second-order valence-electron chi connectivity index (χ2n) is 8.29. The average molecular weight is 523 g/mol. The van der Waals surface area contributed by atoms with Crippen LogP contribution in [0, 0.1) is 17.2 Å². The van der Waals surface area contributed by atoms with Gasteiger partial charge >= 0.3 is 6.18 Å². The Labute approximate surface area is 187 Å². The molecule has 0 spiro atoms. The number of benzene rings is 1. The Bertz CT molecular complexity index is 1020. The molecule has 2 fully saturated rings. The van der Waals surface area contributed by atoms with Gasteiger partial charge < -0.3 is 10.1 Å². The Morgan fingerprint density at radius 2 is 1.97 bits per heavy atom. The van der Waals surface area contributed by atoms with E-state index in [1.54, 1.807) is 13.8 Å². The van der Waals surface area contributed by atoms with Crippen LogP contribution in [0.3, 0.4) is 0 Å². The molecule has 1 N–H and O–H groups in total. The van der Waals surface area contributed by atoms with Gasteiger partial charge in [-0.3, -0.25) is 4.79 Å². The molecule has 1 unspecified atom stereocenters. The summed E-state index contributed by atoms with van der Waals surface area (Å²) < 4.78 is 72.9. The van der Waals surface area contributed by atoms with E-state index in [0.717, 1.165) is 12.1 Å². The normalized spacial score (nSPS) is 25.3. The van der Waals surface area contributed by atoms with E-state index in [0.29, 0.717) is 12.8 Å². The number of carbonyl (C=O) groups is 1. The van der Waals surface area contributed by atoms with Gasteiger partial charge in [0.15, 0.2) is 9.84 Å². The lowest BCUT2D eigenvalue weighted by Crippen LogP contribution is -2.43. The fourth-order valence-electron chi connectivity index (χ4n) is 3.85. The van der Waals surface area contributed by atoms with E-state index in [1.165, 1.54) is 6.07 Å². The van der Waals surface area contributed by atoms with Gasteiger partial charge in [-0.2, -0.15) is 18.4 Å². The van der Waals surface area contributed by atoms with Gasteiger partial charge in [0.2, 0.25) is 5.91 Å². The minimum Gasteiger partial charge on any atom is -0.375 e. The van der Waals surface area contributed by atoms with Gasteiger partial charge in [-0.15, -0.1) is 0 Å². The molecular formula is C20H22BrF3N2O4S. The van der Waals surface area contributed by atoms with Crippen molar-refractivity contribution >= 4 is 31.7 Å². The van der Waals surface area contributed by atoms with Gasteiger partial charge in [0.05, 0.1) is 39.9 Å². The SMILES string of the molecule is CC(C)OC1C[C@H](S(=O)(=O)c2ccc(Br)cc2C(F)(F)F)C[C@H]1C(=O)NC1(C#N)CC1. The van der Waals surface area contributed by atoms with Crippen molar-refractivity contribution in [3.8, 4) is 6.07 Å². The van der Waals surface area contributed by atoms with Crippen molar-refractivity contribution < 1.29 is 31.1 Å². The van der Waals surface area contributed by atoms with Gasteiger partial charge in [-0.25, -0.2) is 8.42 Å². The third kappa shape index (κ3) is 5.07. The summed E-state index contributed by atoms with van der Waals surface area (Å²) in [5.41, 5.74) is -2.19. The highest BCUT2D eigenvalue weighted by Crippen LogP contribution is 2.42. The number of amides is 1. The quantitative estimate of drug-likeness (QED) is 0.609. The summed E-state index contributed by atoms with van der Waals surface area (Å²) in [5.74, 6) is -1.38. The van der Waals surface area contributed by atoms with Crippen molar-refractivity contribution in [1.29, 1.82) is 5.26 Å². The zero-order valence-corrected chi connectivity index (χ0v) is 19.3. The van der Waals surface area contributed by atoms with Crippen molar-refractivity contribution in [2.24, 2.45) is 5.92 Å². The van der Waals surface area contributed by atoms with Crippen LogP contribution < -0.4 is 5.32 Å². The summed E-state index contributed by atoms with van der Waals surface area (Å²) in [4.78, 5) is 12.0. The number of rotatable bonds is 6. The lowest BCUT2D eigenvalue weighted by Gasteiger charge is -2.22. The summed E-state index contributed by atoms with van der Waals surface area (Å²) in [5, 5.41) is 10.7. The van der Waals surface area contributed by atoms with Gasteiger partial charge in [0, 0.05) is 4.47 Å². The van der Waals surface area contributed by atoms with Crippen molar-refractivity contribution in [3.63, 3.8) is 0 Å². The van der Waals surface area contributed by atoms with E-state index in [2.05, 4.69) is 21.2 Å². The highest BCUT2D eigenvalue weighted by atomic mass is 79.9. The molecule has 1 aromatic rings. The lowest BCUT2D eigenvalue weighted by atomic mass is 10.0. The first-order valence-electron chi connectivity index (χ1n) is 9.78. The Kier molecular flexibility index (Phi) is 6.48. The molecule has 0 aliphatic heterocycles. The minimum atomic E-state index is -4.86. The smallest absolute Gasteiger partial charge is 0.375 e. The molecule has 2 saturated carbocycles. The molecule has 0 aromatic heterocycles. The number of carbonyl (C=O) groups excluding carboxylic acids is 1. The molecule has 1 amide bonds. The van der Waals surface area contributed by atoms with Crippen molar-refractivity contribution in [2.75, 3.05) is 0 Å². The van der Waals surface area contributed by atoms with Crippen LogP contribution >= 0.6 is 15.9 Å². The summed E-state index contributed by atoms with van der Waals surface area (Å²) in [6, 6.07) is 4.95. The molecule has 31 heavy (non-hydrogen) atoms. The zero-order chi connectivity index (χ0) is 23.2. The number of sulfone groups is 1. The third-order valence-electron chi connectivity index (χ3n) is 5.56. The molecule has 6 nitrogen and oxygen atoms in total. The number of alkyl halides is 3. The Morgan fingerprint density at radius 1 is 1.32 bits per heavy atom. The van der Waals surface area contributed by atoms with Crippen molar-refractivity contribution in [3.05, 3.63) is 28.2 Å². The molecule has 170 valence electrons. The fraction of sp³-hybridized carbons (Fsp3) is 0.600. The summed E-state index contributed by atoms with van der Waals surface area (Å²) in [6.07, 6.45) is -5.22. The summed E-state index contributed by atoms with van der Waals surface area (Å²) in [7, 11) is -4.40. The second kappa shape index (κ2) is 8.37. The molecule has 0 bridgehead atoms. The third-order valence-corrected chi connectivity index (χ3v) is 8.29. The molecule has 0 saturated heterocycles. The van der Waals surface area contributed by atoms with Gasteiger partial charge in [0.1, 0.15) is 5.54 Å². The van der Waals surface area contributed by atoms with Crippen molar-refractivity contribution in [1.82, 2.24) is 5.32 Å². The highest BCUT2D eigenvalue weighted by molar-refractivity contribution is 9.10. The highest BCUT2D eigenvalue weighted by Gasteiger charge is 2.51. The molecule has 0 heterocycles. The van der Waals surface area contributed by atoms with E-state index >= 15 is 0 Å². The van der Waals surface area contributed by atoms with Crippen LogP contribution in [-0.2, 0) is 25.5 Å². The molecule has 3 rings (SSSR count). The maximum atomic E-state index is 13.5. The number of halogens is 4. The van der Waals surface area contributed by atoms with Crippen LogP contribution in [0.15, 0.2) is 27.6 Å². The summed E-state index contributed by atoms with van der Waals surface area (Å²) >= 11 is 2.95. The predicted molar refractivity (Wildman–Crippen MR) is 109 cm³/mol. The first kappa shape index (κ1) is 24.0. The van der Waals surface area contributed by atoms with Gasteiger partial charge in [-0.05, 0) is 57.7 Å². The minimum absolute atomic E-state index is 0.106. The number of hydrogen-bond acceptors (Lipinski definition) is 5. The number of nitrogens with zero attached hydrogens (tertiary/aromatic N) is 1. The van der Waals surface area contributed by atoms with Gasteiger partial charge in [-0.1, -0.05) is 15.9 Å². The molecule has 2 aliphatic rings. The van der Waals surface area contributed by atoms with E-state index in [-0.39, 0.29) is 23.4 Å². The molecule has 1 aromatic carbocycles.